The molecule has 0 rings (SSSR count). The Morgan fingerprint density at radius 2 is 1.40 bits per heavy atom. The summed E-state index contributed by atoms with van der Waals surface area (Å²) in [4.78, 5) is 0. The van der Waals surface area contributed by atoms with Crippen LogP contribution in [0.15, 0.2) is 0 Å². The first-order valence-electron chi connectivity index (χ1n) is 5.74. The molecule has 0 bridgehead atoms. The number of hydrogen-bond acceptors (Lipinski definition) is 1. The van der Waals surface area contributed by atoms with E-state index >= 15 is 0 Å². The van der Waals surface area contributed by atoms with Gasteiger partial charge in [0.1, 0.15) is 0 Å². The third-order valence-electron chi connectivity index (χ3n) is 2.36. The maximum absolute atomic E-state index is 5.67. The van der Waals surface area contributed by atoms with Crippen LogP contribution in [0.4, 0.5) is 0 Å². The monoisotopic (exact) mass is 216 g/mol. The molecule has 0 radical (unpaired) electrons. The molecule has 1 nitrogen and oxygen atoms in total. The van der Waals surface area contributed by atoms with Crippen molar-refractivity contribution in [3.63, 3.8) is 0 Å². The Bertz CT molecular complexity index is 151. The van der Waals surface area contributed by atoms with Crippen molar-refractivity contribution in [2.45, 2.75) is 74.8 Å². The van der Waals surface area contributed by atoms with E-state index in [1.165, 1.54) is 12.8 Å². The summed E-state index contributed by atoms with van der Waals surface area (Å²) in [7, 11) is 0. The molecule has 15 heavy (non-hydrogen) atoms. The fourth-order valence-corrected chi connectivity index (χ4v) is 1.18. The van der Waals surface area contributed by atoms with Crippen molar-refractivity contribution in [2.75, 3.05) is 6.61 Å². The maximum Gasteiger partial charge on any atom is 0.0520 e. The van der Waals surface area contributed by atoms with Gasteiger partial charge in [-0.2, -0.15) is 0 Å². The van der Waals surface area contributed by atoms with Crippen LogP contribution in [0.5, 0.6) is 0 Å². The third-order valence-corrected chi connectivity index (χ3v) is 2.36. The molecule has 0 heterocycles. The Labute approximate surface area is 97.6 Å². The lowest BCUT2D eigenvalue weighted by Crippen LogP contribution is -2.23. The molecular weight excluding hydrogens is 184 g/mol. The molecule has 0 aromatic carbocycles. The Kier molecular flexibility index (Phi) is 7.55. The summed E-state index contributed by atoms with van der Waals surface area (Å²) >= 11 is 0. The Hall–Kier alpha value is -0.0400. The minimum Gasteiger partial charge on any atom is -0.378 e. The molecule has 94 valence electrons. The summed E-state index contributed by atoms with van der Waals surface area (Å²) in [5, 5.41) is 0. The van der Waals surface area contributed by atoms with Crippen LogP contribution >= 0.6 is 0 Å². The molecule has 0 N–H and O–H groups in total. The molecule has 0 saturated carbocycles. The van der Waals surface area contributed by atoms with Crippen molar-refractivity contribution in [2.24, 2.45) is 10.8 Å². The highest BCUT2D eigenvalue weighted by Crippen LogP contribution is 2.30. The van der Waals surface area contributed by atoms with Crippen LogP contribution in [0.25, 0.3) is 0 Å². The third kappa shape index (κ3) is 11.9. The molecule has 0 unspecified atom stereocenters. The number of hydrogen-bond donors (Lipinski definition) is 0. The molecule has 0 aromatic rings. The quantitative estimate of drug-likeness (QED) is 0.635. The summed E-state index contributed by atoms with van der Waals surface area (Å²) in [6.07, 6.45) is 2.86. The van der Waals surface area contributed by atoms with Crippen molar-refractivity contribution in [3.8, 4) is 0 Å². The van der Waals surface area contributed by atoms with Gasteiger partial charge in [-0.25, -0.2) is 0 Å². The molecule has 0 aromatic heterocycles. The van der Waals surface area contributed by atoms with E-state index in [1.807, 2.05) is 0 Å². The summed E-state index contributed by atoms with van der Waals surface area (Å²) < 4.78 is 5.67. The molecule has 0 saturated heterocycles. The van der Waals surface area contributed by atoms with E-state index in [1.54, 1.807) is 0 Å². The van der Waals surface area contributed by atoms with E-state index in [4.69, 9.17) is 4.74 Å². The van der Waals surface area contributed by atoms with Gasteiger partial charge < -0.3 is 4.74 Å². The van der Waals surface area contributed by atoms with Crippen LogP contribution in [0.1, 0.15) is 68.7 Å². The summed E-state index contributed by atoms with van der Waals surface area (Å²) in [6.45, 7) is 16.5. The Morgan fingerprint density at radius 3 is 1.73 bits per heavy atom. The molecule has 0 aliphatic heterocycles. The lowest BCUT2D eigenvalue weighted by Gasteiger charge is -2.29. The highest BCUT2D eigenvalue weighted by molar-refractivity contribution is 4.72. The van der Waals surface area contributed by atoms with Gasteiger partial charge in [0.15, 0.2) is 0 Å². The average Bonchev–Trinajstić information content (AvgIpc) is 1.97. The van der Waals surface area contributed by atoms with Gasteiger partial charge in [0.2, 0.25) is 0 Å². The zero-order valence-electron chi connectivity index (χ0n) is 11.1. The van der Waals surface area contributed by atoms with Crippen LogP contribution in [0.3, 0.4) is 0 Å². The van der Waals surface area contributed by atoms with Crippen LogP contribution in [0.2, 0.25) is 0 Å². The van der Waals surface area contributed by atoms with Crippen molar-refractivity contribution in [3.05, 3.63) is 0 Å². The number of rotatable bonds is 5. The van der Waals surface area contributed by atoms with Crippen molar-refractivity contribution >= 4 is 0 Å². The van der Waals surface area contributed by atoms with Crippen molar-refractivity contribution in [1.82, 2.24) is 0 Å². The topological polar surface area (TPSA) is 9.23 Å². The second-order valence-corrected chi connectivity index (χ2v) is 6.58. The second-order valence-electron chi connectivity index (χ2n) is 6.58. The summed E-state index contributed by atoms with van der Waals surface area (Å²) in [6, 6.07) is 0. The van der Waals surface area contributed by atoms with Gasteiger partial charge in [-0.05, 0) is 37.5 Å². The van der Waals surface area contributed by atoms with Gasteiger partial charge in [0, 0.05) is 0 Å². The average molecular weight is 216 g/mol. The largest absolute Gasteiger partial charge is 0.378 e. The molecule has 0 aliphatic rings. The lowest BCUT2D eigenvalue weighted by atomic mass is 9.80. The summed E-state index contributed by atoms with van der Waals surface area (Å²) in [5.74, 6) is 0. The predicted octanol–water partition coefficient (Wildman–Crippen LogP) is 4.90. The van der Waals surface area contributed by atoms with E-state index in [0.29, 0.717) is 16.9 Å². The molecule has 0 aliphatic carbocycles. The van der Waals surface area contributed by atoms with E-state index in [0.717, 1.165) is 6.61 Å². The lowest BCUT2D eigenvalue weighted by molar-refractivity contribution is 0.0142. The first-order chi connectivity index (χ1) is 6.12. The SMILES string of the molecule is C.CC(C)OCC(C)(C)CCC(C)(C)C. The zero-order valence-corrected chi connectivity index (χ0v) is 11.1. The van der Waals surface area contributed by atoms with Crippen molar-refractivity contribution in [1.29, 1.82) is 0 Å². The number of ether oxygens (including phenoxy) is 1. The van der Waals surface area contributed by atoms with Crippen LogP contribution < -0.4 is 0 Å². The van der Waals surface area contributed by atoms with E-state index in [9.17, 15) is 0 Å². The van der Waals surface area contributed by atoms with Crippen LogP contribution in [-0.2, 0) is 4.74 Å². The fraction of sp³-hybridized carbons (Fsp3) is 1.00. The van der Waals surface area contributed by atoms with Gasteiger partial charge >= 0.3 is 0 Å². The second kappa shape index (κ2) is 6.52. The first kappa shape index (κ1) is 17.4. The maximum atomic E-state index is 5.67. The Balaban J connectivity index is 0. The Morgan fingerprint density at radius 1 is 0.933 bits per heavy atom. The first-order valence-corrected chi connectivity index (χ1v) is 5.74. The normalized spacial score (nSPS) is 12.8. The van der Waals surface area contributed by atoms with Gasteiger partial charge in [-0.3, -0.25) is 0 Å². The van der Waals surface area contributed by atoms with Crippen molar-refractivity contribution < 1.29 is 4.74 Å². The van der Waals surface area contributed by atoms with Gasteiger partial charge in [0.25, 0.3) is 0 Å². The standard InChI is InChI=1S/C13H28O.CH4/c1-11(2)14-10-13(6,7)9-8-12(3,4)5;/h11H,8-10H2,1-7H3;1H4. The van der Waals surface area contributed by atoms with Gasteiger partial charge in [-0.1, -0.05) is 42.0 Å². The molecular formula is C14H32O. The predicted molar refractivity (Wildman–Crippen MR) is 70.3 cm³/mol. The molecule has 0 atom stereocenters. The van der Waals surface area contributed by atoms with Crippen LogP contribution in [0, 0.1) is 10.8 Å². The molecule has 0 fully saturated rings. The molecule has 0 spiro atoms. The minimum atomic E-state index is 0. The summed E-state index contributed by atoms with van der Waals surface area (Å²) in [5.41, 5.74) is 0.757. The van der Waals surface area contributed by atoms with E-state index in [-0.39, 0.29) is 7.43 Å². The highest BCUT2D eigenvalue weighted by Gasteiger charge is 2.22. The van der Waals surface area contributed by atoms with Gasteiger partial charge in [0.05, 0.1) is 12.7 Å². The molecule has 0 amide bonds. The zero-order chi connectivity index (χ0) is 11.4. The van der Waals surface area contributed by atoms with Gasteiger partial charge in [-0.15, -0.1) is 0 Å². The van der Waals surface area contributed by atoms with Crippen LogP contribution in [-0.4, -0.2) is 12.7 Å². The van der Waals surface area contributed by atoms with E-state index < -0.39 is 0 Å². The fourth-order valence-electron chi connectivity index (χ4n) is 1.18. The minimum absolute atomic E-state index is 0. The molecule has 1 heteroatoms. The van der Waals surface area contributed by atoms with E-state index in [2.05, 4.69) is 48.5 Å². The smallest absolute Gasteiger partial charge is 0.0520 e. The highest BCUT2D eigenvalue weighted by atomic mass is 16.5.